The molecular weight excluding hydrogens is 256 g/mol. The van der Waals surface area contributed by atoms with E-state index in [-0.39, 0.29) is 11.3 Å². The summed E-state index contributed by atoms with van der Waals surface area (Å²) in [6.45, 7) is 0. The number of thioether (sulfide) groups is 1. The molecule has 5 heteroatoms. The minimum atomic E-state index is -1.06. The van der Waals surface area contributed by atoms with Crippen molar-refractivity contribution in [1.29, 1.82) is 0 Å². The minimum Gasteiger partial charge on any atom is -0.387 e. The number of hydrogen-bond acceptors (Lipinski definition) is 3. The number of aliphatic hydroxyl groups is 1. The SMILES string of the molecule is OC(CSc1ccccn1)c1cc(F)ccc1F. The Kier molecular flexibility index (Phi) is 4.28. The third-order valence-electron chi connectivity index (χ3n) is 2.34. The van der Waals surface area contributed by atoms with Crippen LogP contribution in [0.1, 0.15) is 11.7 Å². The predicted molar refractivity (Wildman–Crippen MR) is 66.3 cm³/mol. The summed E-state index contributed by atoms with van der Waals surface area (Å²) in [7, 11) is 0. The van der Waals surface area contributed by atoms with Crippen LogP contribution < -0.4 is 0 Å². The van der Waals surface area contributed by atoms with Gasteiger partial charge in [0.1, 0.15) is 11.6 Å². The third kappa shape index (κ3) is 3.27. The monoisotopic (exact) mass is 267 g/mol. The maximum absolute atomic E-state index is 13.4. The largest absolute Gasteiger partial charge is 0.387 e. The standard InChI is InChI=1S/C13H11F2NOS/c14-9-4-5-11(15)10(7-9)12(17)8-18-13-3-1-2-6-16-13/h1-7,12,17H,8H2. The molecule has 1 N–H and O–H groups in total. The molecule has 0 amide bonds. The molecule has 0 fully saturated rings. The topological polar surface area (TPSA) is 33.1 Å². The lowest BCUT2D eigenvalue weighted by Crippen LogP contribution is -2.04. The quantitative estimate of drug-likeness (QED) is 0.864. The molecule has 2 aromatic rings. The van der Waals surface area contributed by atoms with E-state index in [4.69, 9.17) is 0 Å². The van der Waals surface area contributed by atoms with Crippen LogP contribution in [0.3, 0.4) is 0 Å². The molecule has 0 aliphatic carbocycles. The zero-order valence-electron chi connectivity index (χ0n) is 9.38. The summed E-state index contributed by atoms with van der Waals surface area (Å²) >= 11 is 1.29. The van der Waals surface area contributed by atoms with E-state index in [0.29, 0.717) is 0 Å². The Balaban J connectivity index is 2.03. The van der Waals surface area contributed by atoms with Crippen molar-refractivity contribution in [3.8, 4) is 0 Å². The van der Waals surface area contributed by atoms with Crippen molar-refractivity contribution in [2.45, 2.75) is 11.1 Å². The molecule has 0 spiro atoms. The molecule has 0 saturated carbocycles. The van der Waals surface area contributed by atoms with Crippen LogP contribution in [-0.2, 0) is 0 Å². The van der Waals surface area contributed by atoms with Crippen molar-refractivity contribution in [1.82, 2.24) is 4.98 Å². The summed E-state index contributed by atoms with van der Waals surface area (Å²) in [6.07, 6.45) is 0.574. The number of halogens is 2. The van der Waals surface area contributed by atoms with Gasteiger partial charge in [-0.15, -0.1) is 11.8 Å². The van der Waals surface area contributed by atoms with Crippen LogP contribution in [0.5, 0.6) is 0 Å². The van der Waals surface area contributed by atoms with Crippen molar-refractivity contribution < 1.29 is 13.9 Å². The van der Waals surface area contributed by atoms with E-state index >= 15 is 0 Å². The second kappa shape index (κ2) is 5.93. The van der Waals surface area contributed by atoms with Crippen molar-refractivity contribution >= 4 is 11.8 Å². The van der Waals surface area contributed by atoms with Crippen LogP contribution in [0.2, 0.25) is 0 Å². The van der Waals surface area contributed by atoms with Gasteiger partial charge < -0.3 is 5.11 Å². The molecule has 18 heavy (non-hydrogen) atoms. The average molecular weight is 267 g/mol. The van der Waals surface area contributed by atoms with Gasteiger partial charge in [0.2, 0.25) is 0 Å². The van der Waals surface area contributed by atoms with E-state index in [9.17, 15) is 13.9 Å². The van der Waals surface area contributed by atoms with Crippen LogP contribution in [0.4, 0.5) is 8.78 Å². The van der Waals surface area contributed by atoms with Crippen molar-refractivity contribution in [2.24, 2.45) is 0 Å². The summed E-state index contributed by atoms with van der Waals surface area (Å²) in [4.78, 5) is 4.07. The van der Waals surface area contributed by atoms with Crippen LogP contribution >= 0.6 is 11.8 Å². The molecule has 1 heterocycles. The lowest BCUT2D eigenvalue weighted by molar-refractivity contribution is 0.198. The minimum absolute atomic E-state index is 0.0292. The highest BCUT2D eigenvalue weighted by Crippen LogP contribution is 2.25. The Bertz CT molecular complexity index is 522. The lowest BCUT2D eigenvalue weighted by Gasteiger charge is -2.11. The molecule has 0 aliphatic rings. The van der Waals surface area contributed by atoms with E-state index in [0.717, 1.165) is 23.2 Å². The smallest absolute Gasteiger partial charge is 0.129 e. The first kappa shape index (κ1) is 13.0. The van der Waals surface area contributed by atoms with Gasteiger partial charge in [-0.3, -0.25) is 0 Å². The van der Waals surface area contributed by atoms with Gasteiger partial charge in [-0.25, -0.2) is 13.8 Å². The van der Waals surface area contributed by atoms with Crippen LogP contribution in [0.15, 0.2) is 47.6 Å². The van der Waals surface area contributed by atoms with Gasteiger partial charge in [-0.05, 0) is 30.3 Å². The Morgan fingerprint density at radius 1 is 1.22 bits per heavy atom. The Morgan fingerprint density at radius 2 is 2.06 bits per heavy atom. The molecule has 1 unspecified atom stereocenters. The van der Waals surface area contributed by atoms with Gasteiger partial charge in [0.05, 0.1) is 11.1 Å². The molecule has 0 bridgehead atoms. The van der Waals surface area contributed by atoms with E-state index in [2.05, 4.69) is 4.98 Å². The predicted octanol–water partition coefficient (Wildman–Crippen LogP) is 3.19. The normalized spacial score (nSPS) is 12.4. The van der Waals surface area contributed by atoms with Crippen LogP contribution in [0, 0.1) is 11.6 Å². The molecule has 94 valence electrons. The molecular formula is C13H11F2NOS. The molecule has 0 aliphatic heterocycles. The van der Waals surface area contributed by atoms with Crippen LogP contribution in [-0.4, -0.2) is 15.8 Å². The fourth-order valence-corrected chi connectivity index (χ4v) is 2.27. The van der Waals surface area contributed by atoms with Crippen molar-refractivity contribution in [3.63, 3.8) is 0 Å². The number of rotatable bonds is 4. The lowest BCUT2D eigenvalue weighted by atomic mass is 10.1. The Hall–Kier alpha value is -1.46. The Morgan fingerprint density at radius 3 is 2.78 bits per heavy atom. The fraction of sp³-hybridized carbons (Fsp3) is 0.154. The molecule has 2 rings (SSSR count). The van der Waals surface area contributed by atoms with Gasteiger partial charge in [-0.2, -0.15) is 0 Å². The first-order valence-corrected chi connectivity index (χ1v) is 6.32. The van der Waals surface area contributed by atoms with E-state index in [1.165, 1.54) is 11.8 Å². The summed E-state index contributed by atoms with van der Waals surface area (Å²) in [5.74, 6) is -0.948. The summed E-state index contributed by atoms with van der Waals surface area (Å²) in [5, 5.41) is 10.6. The Labute approximate surface area is 108 Å². The highest BCUT2D eigenvalue weighted by Gasteiger charge is 2.14. The van der Waals surface area contributed by atoms with Crippen LogP contribution in [0.25, 0.3) is 0 Å². The first-order chi connectivity index (χ1) is 8.66. The number of benzene rings is 1. The summed E-state index contributed by atoms with van der Waals surface area (Å²) in [5.41, 5.74) is -0.0292. The summed E-state index contributed by atoms with van der Waals surface area (Å²) in [6, 6.07) is 8.45. The van der Waals surface area contributed by atoms with E-state index in [1.807, 2.05) is 6.07 Å². The van der Waals surface area contributed by atoms with Gasteiger partial charge in [0.25, 0.3) is 0 Å². The molecule has 1 aromatic heterocycles. The maximum atomic E-state index is 13.4. The first-order valence-electron chi connectivity index (χ1n) is 5.33. The van der Waals surface area contributed by atoms with Gasteiger partial charge >= 0.3 is 0 Å². The number of nitrogens with zero attached hydrogens (tertiary/aromatic N) is 1. The van der Waals surface area contributed by atoms with Crippen molar-refractivity contribution in [3.05, 3.63) is 59.8 Å². The molecule has 0 radical (unpaired) electrons. The van der Waals surface area contributed by atoms with Gasteiger partial charge in [0, 0.05) is 17.5 Å². The fourth-order valence-electron chi connectivity index (χ4n) is 1.46. The van der Waals surface area contributed by atoms with E-state index in [1.54, 1.807) is 18.3 Å². The number of aromatic nitrogens is 1. The number of hydrogen-bond donors (Lipinski definition) is 1. The van der Waals surface area contributed by atoms with E-state index < -0.39 is 17.7 Å². The second-order valence-electron chi connectivity index (χ2n) is 3.66. The highest BCUT2D eigenvalue weighted by molar-refractivity contribution is 7.99. The van der Waals surface area contributed by atoms with Gasteiger partial charge in [-0.1, -0.05) is 6.07 Å². The molecule has 2 nitrogen and oxygen atoms in total. The average Bonchev–Trinajstić information content (AvgIpc) is 2.40. The zero-order chi connectivity index (χ0) is 13.0. The maximum Gasteiger partial charge on any atom is 0.129 e. The molecule has 1 aromatic carbocycles. The highest BCUT2D eigenvalue weighted by atomic mass is 32.2. The van der Waals surface area contributed by atoms with Gasteiger partial charge in [0.15, 0.2) is 0 Å². The zero-order valence-corrected chi connectivity index (χ0v) is 10.2. The third-order valence-corrected chi connectivity index (χ3v) is 3.36. The molecule has 1 atom stereocenters. The van der Waals surface area contributed by atoms with Crippen molar-refractivity contribution in [2.75, 3.05) is 5.75 Å². The second-order valence-corrected chi connectivity index (χ2v) is 4.70. The molecule has 0 saturated heterocycles. The number of pyridine rings is 1. The summed E-state index contributed by atoms with van der Waals surface area (Å²) < 4.78 is 26.4. The number of aliphatic hydroxyl groups excluding tert-OH is 1.